The van der Waals surface area contributed by atoms with Gasteiger partial charge in [0.2, 0.25) is 0 Å². The molecule has 0 aliphatic carbocycles. The quantitative estimate of drug-likeness (QED) is 0.736. The molecule has 2 aromatic heterocycles. The number of rotatable bonds is 3. The summed E-state index contributed by atoms with van der Waals surface area (Å²) in [5.74, 6) is 0.392. The zero-order chi connectivity index (χ0) is 16.6. The molecule has 3 heterocycles. The second-order valence-corrected chi connectivity index (χ2v) is 5.62. The summed E-state index contributed by atoms with van der Waals surface area (Å²) < 4.78 is 4.05. The number of hydrogen-bond donors (Lipinski definition) is 0. The molecule has 3 rings (SSSR count). The van der Waals surface area contributed by atoms with Crippen LogP contribution in [-0.2, 0) is 20.6 Å². The van der Waals surface area contributed by atoms with Crippen molar-refractivity contribution in [2.45, 2.75) is 25.4 Å². The van der Waals surface area contributed by atoms with Crippen LogP contribution in [0, 0.1) is 11.3 Å². The van der Waals surface area contributed by atoms with E-state index in [4.69, 9.17) is 0 Å². The predicted molar refractivity (Wildman–Crippen MR) is 82.0 cm³/mol. The molecule has 1 saturated heterocycles. The fourth-order valence-electron chi connectivity index (χ4n) is 3.11. The first-order valence-electron chi connectivity index (χ1n) is 7.33. The summed E-state index contributed by atoms with van der Waals surface area (Å²) in [5, 5.41) is 13.5. The highest BCUT2D eigenvalue weighted by atomic mass is 16.2. The number of anilines is 1. The third-order valence-electron chi connectivity index (χ3n) is 4.26. The van der Waals surface area contributed by atoms with Crippen molar-refractivity contribution in [2.24, 2.45) is 14.1 Å². The van der Waals surface area contributed by atoms with Crippen molar-refractivity contribution in [3.8, 4) is 6.07 Å². The molecule has 0 bridgehead atoms. The first-order chi connectivity index (χ1) is 11.0. The van der Waals surface area contributed by atoms with Gasteiger partial charge in [-0.05, 0) is 12.8 Å². The van der Waals surface area contributed by atoms with Crippen molar-refractivity contribution >= 4 is 5.82 Å². The molecule has 1 unspecified atom stereocenters. The number of nitriles is 1. The number of hydrogen-bond acceptors (Lipinski definition) is 6. The van der Waals surface area contributed by atoms with Crippen LogP contribution in [0.25, 0.3) is 0 Å². The van der Waals surface area contributed by atoms with E-state index in [0.29, 0.717) is 18.9 Å². The fraction of sp³-hybridized carbons (Fsp3) is 0.500. The minimum absolute atomic E-state index is 0.0000836. The molecule has 120 valence electrons. The van der Waals surface area contributed by atoms with E-state index < -0.39 is 11.2 Å². The van der Waals surface area contributed by atoms with Crippen molar-refractivity contribution in [1.82, 2.24) is 23.9 Å². The molecule has 0 amide bonds. The van der Waals surface area contributed by atoms with Crippen LogP contribution < -0.4 is 16.1 Å². The van der Waals surface area contributed by atoms with Crippen molar-refractivity contribution in [3.05, 3.63) is 39.1 Å². The van der Waals surface area contributed by atoms with Gasteiger partial charge in [0.1, 0.15) is 24.5 Å². The van der Waals surface area contributed by atoms with E-state index in [-0.39, 0.29) is 11.6 Å². The number of aromatic nitrogens is 5. The minimum Gasteiger partial charge on any atom is -0.352 e. The third-order valence-corrected chi connectivity index (χ3v) is 4.26. The van der Waals surface area contributed by atoms with E-state index in [1.807, 2.05) is 11.0 Å². The largest absolute Gasteiger partial charge is 0.352 e. The van der Waals surface area contributed by atoms with E-state index in [1.54, 1.807) is 18.1 Å². The van der Waals surface area contributed by atoms with Gasteiger partial charge in [-0.3, -0.25) is 18.6 Å². The zero-order valence-corrected chi connectivity index (χ0v) is 13.0. The van der Waals surface area contributed by atoms with Gasteiger partial charge in [0.25, 0.3) is 5.56 Å². The van der Waals surface area contributed by atoms with E-state index in [1.165, 1.54) is 17.9 Å². The topological polar surface area (TPSA) is 102 Å². The Morgan fingerprint density at radius 3 is 2.78 bits per heavy atom. The van der Waals surface area contributed by atoms with Crippen LogP contribution in [0.3, 0.4) is 0 Å². The zero-order valence-electron chi connectivity index (χ0n) is 13.0. The Balaban J connectivity index is 2.09. The Hall–Kier alpha value is -2.89. The van der Waals surface area contributed by atoms with Gasteiger partial charge in [0, 0.05) is 20.6 Å². The van der Waals surface area contributed by atoms with Crippen molar-refractivity contribution in [3.63, 3.8) is 0 Å². The van der Waals surface area contributed by atoms with Crippen LogP contribution in [0.4, 0.5) is 5.82 Å². The Bertz CT molecular complexity index is 872. The molecule has 0 N–H and O–H groups in total. The summed E-state index contributed by atoms with van der Waals surface area (Å²) in [6.45, 7) is 1.28. The fourth-order valence-corrected chi connectivity index (χ4v) is 3.11. The molecule has 1 aliphatic heterocycles. The summed E-state index contributed by atoms with van der Waals surface area (Å²) in [6, 6.07) is 2.02. The van der Waals surface area contributed by atoms with Crippen LogP contribution in [0.1, 0.15) is 18.4 Å². The first-order valence-corrected chi connectivity index (χ1v) is 7.33. The Kier molecular flexibility index (Phi) is 3.73. The van der Waals surface area contributed by atoms with Gasteiger partial charge in [-0.2, -0.15) is 10.4 Å². The molecule has 2 aromatic rings. The lowest BCUT2D eigenvalue weighted by atomic mass is 10.2. The molecule has 0 spiro atoms. The van der Waals surface area contributed by atoms with Gasteiger partial charge in [0.15, 0.2) is 5.56 Å². The Labute approximate surface area is 132 Å². The van der Waals surface area contributed by atoms with E-state index in [0.717, 1.165) is 17.4 Å². The highest BCUT2D eigenvalue weighted by molar-refractivity contribution is 5.54. The van der Waals surface area contributed by atoms with E-state index in [9.17, 15) is 14.9 Å². The van der Waals surface area contributed by atoms with E-state index in [2.05, 4.69) is 10.1 Å². The lowest BCUT2D eigenvalue weighted by Crippen LogP contribution is -2.44. The van der Waals surface area contributed by atoms with Gasteiger partial charge in [0.05, 0.1) is 12.6 Å². The highest BCUT2D eigenvalue weighted by Gasteiger charge is 2.30. The van der Waals surface area contributed by atoms with Gasteiger partial charge >= 0.3 is 5.69 Å². The summed E-state index contributed by atoms with van der Waals surface area (Å²) in [5.41, 5.74) is -0.993. The maximum absolute atomic E-state index is 12.2. The van der Waals surface area contributed by atoms with Crippen LogP contribution >= 0.6 is 0 Å². The first kappa shape index (κ1) is 15.0. The van der Waals surface area contributed by atoms with Gasteiger partial charge in [-0.25, -0.2) is 9.78 Å². The highest BCUT2D eigenvalue weighted by Crippen LogP contribution is 2.26. The van der Waals surface area contributed by atoms with Crippen LogP contribution in [0.5, 0.6) is 0 Å². The Morgan fingerprint density at radius 2 is 2.13 bits per heavy atom. The lowest BCUT2D eigenvalue weighted by Gasteiger charge is -2.28. The maximum Gasteiger partial charge on any atom is 0.332 e. The molecule has 0 radical (unpaired) electrons. The average Bonchev–Trinajstić information content (AvgIpc) is 3.21. The monoisotopic (exact) mass is 315 g/mol. The van der Waals surface area contributed by atoms with Crippen molar-refractivity contribution in [2.75, 3.05) is 11.4 Å². The molecule has 1 atom stereocenters. The summed E-state index contributed by atoms with van der Waals surface area (Å²) in [7, 11) is 2.97. The molecule has 9 heteroatoms. The standard InChI is InChI=1S/C14H17N7O2/c1-18-12(11(6-15)13(22)19(2)14(18)23)21-5-3-4-10(21)7-20-9-16-8-17-20/h8-10H,3-5,7H2,1-2H3. The molecule has 9 nitrogen and oxygen atoms in total. The van der Waals surface area contributed by atoms with Crippen LogP contribution in [0.2, 0.25) is 0 Å². The third kappa shape index (κ3) is 2.42. The van der Waals surface area contributed by atoms with Crippen LogP contribution in [-0.4, -0.2) is 36.5 Å². The van der Waals surface area contributed by atoms with Crippen molar-refractivity contribution in [1.29, 1.82) is 5.26 Å². The SMILES string of the molecule is Cn1c(N2CCCC2Cn2cncn2)c(C#N)c(=O)n(C)c1=O. The molecule has 1 aliphatic rings. The van der Waals surface area contributed by atoms with Gasteiger partial charge in [-0.1, -0.05) is 0 Å². The molecule has 23 heavy (non-hydrogen) atoms. The maximum atomic E-state index is 12.2. The molecular weight excluding hydrogens is 298 g/mol. The lowest BCUT2D eigenvalue weighted by molar-refractivity contribution is 0.500. The molecule has 0 saturated carbocycles. The summed E-state index contributed by atoms with van der Waals surface area (Å²) >= 11 is 0. The van der Waals surface area contributed by atoms with Gasteiger partial charge < -0.3 is 4.90 Å². The predicted octanol–water partition coefficient (Wildman–Crippen LogP) is -0.784. The molecule has 0 aromatic carbocycles. The number of nitrogens with zero attached hydrogens (tertiary/aromatic N) is 7. The van der Waals surface area contributed by atoms with E-state index >= 15 is 0 Å². The molecular formula is C14H17N7O2. The second-order valence-electron chi connectivity index (χ2n) is 5.62. The normalized spacial score (nSPS) is 17.4. The minimum atomic E-state index is -0.558. The summed E-state index contributed by atoms with van der Waals surface area (Å²) in [6.07, 6.45) is 4.92. The summed E-state index contributed by atoms with van der Waals surface area (Å²) in [4.78, 5) is 30.4. The Morgan fingerprint density at radius 1 is 1.35 bits per heavy atom. The van der Waals surface area contributed by atoms with Crippen molar-refractivity contribution < 1.29 is 0 Å². The van der Waals surface area contributed by atoms with Gasteiger partial charge in [-0.15, -0.1) is 0 Å². The average molecular weight is 315 g/mol. The molecule has 1 fully saturated rings. The van der Waals surface area contributed by atoms with Crippen LogP contribution in [0.15, 0.2) is 22.2 Å². The smallest absolute Gasteiger partial charge is 0.332 e. The second kappa shape index (κ2) is 5.72.